The van der Waals surface area contributed by atoms with Crippen LogP contribution >= 0.6 is 0 Å². The molecule has 0 aliphatic carbocycles. The van der Waals surface area contributed by atoms with Crippen LogP contribution in [-0.4, -0.2) is 29.2 Å². The molecule has 0 saturated carbocycles. The van der Waals surface area contributed by atoms with Crippen molar-refractivity contribution in [1.29, 1.82) is 0 Å². The van der Waals surface area contributed by atoms with Crippen LogP contribution in [0.2, 0.25) is 0 Å². The summed E-state index contributed by atoms with van der Waals surface area (Å²) in [5.41, 5.74) is 2.35. The maximum atomic E-state index is 13.2. The van der Waals surface area contributed by atoms with Crippen LogP contribution in [0.25, 0.3) is 0 Å². The van der Waals surface area contributed by atoms with Crippen molar-refractivity contribution >= 4 is 23.4 Å². The number of benzene rings is 3. The van der Waals surface area contributed by atoms with E-state index in [4.69, 9.17) is 0 Å². The predicted molar refractivity (Wildman–Crippen MR) is 127 cm³/mol. The molecule has 1 aliphatic heterocycles. The zero-order valence-corrected chi connectivity index (χ0v) is 18.5. The summed E-state index contributed by atoms with van der Waals surface area (Å²) in [5, 5.41) is 5.75. The lowest BCUT2D eigenvalue weighted by Crippen LogP contribution is -2.41. The molecule has 0 bridgehead atoms. The summed E-state index contributed by atoms with van der Waals surface area (Å²) < 4.78 is 0. The Bertz CT molecular complexity index is 1100. The van der Waals surface area contributed by atoms with E-state index in [0.717, 1.165) is 5.56 Å². The van der Waals surface area contributed by atoms with Crippen LogP contribution in [0.1, 0.15) is 36.6 Å². The van der Waals surface area contributed by atoms with E-state index in [0.29, 0.717) is 17.8 Å². The molecule has 33 heavy (non-hydrogen) atoms. The van der Waals surface area contributed by atoms with Gasteiger partial charge in [0.15, 0.2) is 0 Å². The molecule has 1 saturated heterocycles. The molecule has 3 aromatic rings. The summed E-state index contributed by atoms with van der Waals surface area (Å²) >= 11 is 0. The fraction of sp³-hybridized carbons (Fsp3) is 0.222. The Morgan fingerprint density at radius 3 is 2.00 bits per heavy atom. The van der Waals surface area contributed by atoms with Crippen molar-refractivity contribution in [3.05, 3.63) is 102 Å². The van der Waals surface area contributed by atoms with Crippen LogP contribution < -0.4 is 10.6 Å². The lowest BCUT2D eigenvalue weighted by molar-refractivity contribution is -0.130. The molecule has 3 atom stereocenters. The van der Waals surface area contributed by atoms with Gasteiger partial charge in [0, 0.05) is 18.7 Å². The largest absolute Gasteiger partial charge is 0.340 e. The van der Waals surface area contributed by atoms with Crippen molar-refractivity contribution in [2.24, 2.45) is 5.92 Å². The fourth-order valence-electron chi connectivity index (χ4n) is 4.13. The highest BCUT2D eigenvalue weighted by atomic mass is 16.2. The highest BCUT2D eigenvalue weighted by Crippen LogP contribution is 2.29. The number of rotatable bonds is 7. The highest BCUT2D eigenvalue weighted by molar-refractivity contribution is 5.99. The molecule has 0 spiro atoms. The monoisotopic (exact) mass is 441 g/mol. The molecule has 6 heteroatoms. The Morgan fingerprint density at radius 1 is 0.848 bits per heavy atom. The predicted octanol–water partition coefficient (Wildman–Crippen LogP) is 4.09. The summed E-state index contributed by atoms with van der Waals surface area (Å²) in [7, 11) is 0. The maximum absolute atomic E-state index is 13.2. The molecule has 1 fully saturated rings. The smallest absolute Gasteiger partial charge is 0.251 e. The van der Waals surface area contributed by atoms with Gasteiger partial charge in [0.1, 0.15) is 6.04 Å². The molecule has 1 heterocycles. The Morgan fingerprint density at radius 2 is 1.39 bits per heavy atom. The summed E-state index contributed by atoms with van der Waals surface area (Å²) in [6.07, 6.45) is 0.130. The molecule has 1 aliphatic rings. The number of carbonyl (C=O) groups is 3. The lowest BCUT2D eigenvalue weighted by Gasteiger charge is -2.25. The van der Waals surface area contributed by atoms with Crippen LogP contribution in [0.4, 0.5) is 5.69 Å². The van der Waals surface area contributed by atoms with Crippen molar-refractivity contribution < 1.29 is 14.4 Å². The first kappa shape index (κ1) is 22.3. The minimum atomic E-state index is -0.866. The quantitative estimate of drug-likeness (QED) is 0.580. The van der Waals surface area contributed by atoms with E-state index in [-0.39, 0.29) is 30.2 Å². The van der Waals surface area contributed by atoms with Gasteiger partial charge in [-0.1, -0.05) is 78.9 Å². The van der Waals surface area contributed by atoms with Gasteiger partial charge >= 0.3 is 0 Å². The molecule has 0 aromatic heterocycles. The number of anilines is 1. The van der Waals surface area contributed by atoms with E-state index in [2.05, 4.69) is 10.6 Å². The normalized spacial score (nSPS) is 17.3. The van der Waals surface area contributed by atoms with Crippen molar-refractivity contribution in [2.45, 2.75) is 25.4 Å². The molecule has 3 amide bonds. The van der Waals surface area contributed by atoms with E-state index in [1.807, 2.05) is 73.7 Å². The van der Waals surface area contributed by atoms with Crippen LogP contribution in [0.15, 0.2) is 91.0 Å². The van der Waals surface area contributed by atoms with Crippen LogP contribution in [-0.2, 0) is 14.4 Å². The molecule has 168 valence electrons. The number of amides is 3. The molecule has 3 unspecified atom stereocenters. The van der Waals surface area contributed by atoms with Gasteiger partial charge in [-0.2, -0.15) is 0 Å². The first-order valence-corrected chi connectivity index (χ1v) is 11.1. The van der Waals surface area contributed by atoms with Gasteiger partial charge in [-0.3, -0.25) is 14.4 Å². The van der Waals surface area contributed by atoms with E-state index in [9.17, 15) is 14.4 Å². The molecule has 4 rings (SSSR count). The van der Waals surface area contributed by atoms with Crippen molar-refractivity contribution in [3.63, 3.8) is 0 Å². The van der Waals surface area contributed by atoms with Crippen LogP contribution in [0, 0.1) is 5.92 Å². The average Bonchev–Trinajstić information content (AvgIpc) is 3.25. The highest BCUT2D eigenvalue weighted by Gasteiger charge is 2.38. The second-order valence-corrected chi connectivity index (χ2v) is 8.24. The zero-order valence-electron chi connectivity index (χ0n) is 18.5. The number of hydrogen-bond acceptors (Lipinski definition) is 3. The third-order valence-electron chi connectivity index (χ3n) is 6.00. The molecule has 3 aromatic carbocycles. The van der Waals surface area contributed by atoms with E-state index >= 15 is 0 Å². The van der Waals surface area contributed by atoms with Crippen molar-refractivity contribution in [1.82, 2.24) is 10.2 Å². The minimum absolute atomic E-state index is 0.0588. The van der Waals surface area contributed by atoms with Gasteiger partial charge in [-0.05, 0) is 30.2 Å². The summed E-state index contributed by atoms with van der Waals surface area (Å²) in [4.78, 5) is 40.7. The fourth-order valence-corrected chi connectivity index (χ4v) is 4.13. The lowest BCUT2D eigenvalue weighted by atomic mass is 10.0. The van der Waals surface area contributed by atoms with Crippen molar-refractivity contribution in [2.75, 3.05) is 11.9 Å². The van der Waals surface area contributed by atoms with Crippen LogP contribution in [0.5, 0.6) is 0 Å². The van der Waals surface area contributed by atoms with Gasteiger partial charge in [-0.25, -0.2) is 0 Å². The summed E-state index contributed by atoms with van der Waals surface area (Å²) in [6.45, 7) is 2.29. The number of carbonyl (C=O) groups excluding carboxylic acids is 3. The minimum Gasteiger partial charge on any atom is -0.340 e. The second-order valence-electron chi connectivity index (χ2n) is 8.24. The van der Waals surface area contributed by atoms with Crippen molar-refractivity contribution in [3.8, 4) is 0 Å². The topological polar surface area (TPSA) is 78.5 Å². The second kappa shape index (κ2) is 10.1. The number of likely N-dealkylation sites (tertiary alicyclic amines) is 1. The molecular formula is C27H27N3O3. The number of nitrogens with zero attached hydrogens (tertiary/aromatic N) is 1. The van der Waals surface area contributed by atoms with E-state index < -0.39 is 12.0 Å². The first-order chi connectivity index (χ1) is 16.0. The number of hydrogen-bond donors (Lipinski definition) is 2. The number of nitrogens with one attached hydrogen (secondary N) is 2. The Balaban J connectivity index is 1.48. The van der Waals surface area contributed by atoms with Gasteiger partial charge in [0.05, 0.1) is 12.0 Å². The van der Waals surface area contributed by atoms with E-state index in [1.54, 1.807) is 29.2 Å². The third kappa shape index (κ3) is 5.29. The summed E-state index contributed by atoms with van der Waals surface area (Å²) in [5.74, 6) is -1.21. The SMILES string of the molecule is CC(c1ccccc1)N1CC(C(=O)NC(C(=O)Nc2ccccc2)c2ccccc2)CC1=O. The Labute approximate surface area is 193 Å². The van der Waals surface area contributed by atoms with Gasteiger partial charge in [-0.15, -0.1) is 0 Å². The third-order valence-corrected chi connectivity index (χ3v) is 6.00. The molecule has 6 nitrogen and oxygen atoms in total. The van der Waals surface area contributed by atoms with Gasteiger partial charge < -0.3 is 15.5 Å². The average molecular weight is 442 g/mol. The Hall–Kier alpha value is -3.93. The van der Waals surface area contributed by atoms with Crippen LogP contribution in [0.3, 0.4) is 0 Å². The molecule has 0 radical (unpaired) electrons. The Kier molecular flexibility index (Phi) is 6.83. The molecule has 2 N–H and O–H groups in total. The summed E-state index contributed by atoms with van der Waals surface area (Å²) in [6, 6.07) is 27.0. The molecular weight excluding hydrogens is 414 g/mol. The standard InChI is InChI=1S/C27H27N3O3/c1-19(20-11-5-2-6-12-20)30-18-22(17-24(30)31)26(32)29-25(21-13-7-3-8-14-21)27(33)28-23-15-9-4-10-16-23/h2-16,19,22,25H,17-18H2,1H3,(H,28,33)(H,29,32). The van der Waals surface area contributed by atoms with E-state index in [1.165, 1.54) is 0 Å². The first-order valence-electron chi connectivity index (χ1n) is 11.1. The number of para-hydroxylation sites is 1. The zero-order chi connectivity index (χ0) is 23.2. The van der Waals surface area contributed by atoms with Gasteiger partial charge in [0.2, 0.25) is 11.8 Å². The maximum Gasteiger partial charge on any atom is 0.251 e. The van der Waals surface area contributed by atoms with Gasteiger partial charge in [0.25, 0.3) is 5.91 Å².